The molecule has 0 aromatic heterocycles. The largest absolute Gasteiger partial charge is 0.466 e. The minimum atomic E-state index is -0.515. The summed E-state index contributed by atoms with van der Waals surface area (Å²) in [5.41, 5.74) is 1.74. The van der Waals surface area contributed by atoms with Crippen molar-refractivity contribution in [2.45, 2.75) is 58.9 Å². The van der Waals surface area contributed by atoms with Gasteiger partial charge in [0, 0.05) is 5.56 Å². The monoisotopic (exact) mass is 319 g/mol. The number of hydrogen-bond donors (Lipinski definition) is 1. The standard InChI is InChI=1S/C19H29NO3/c1-4-6-7-8-13-20-17(14-18(21)23-5-2)19(22)16-11-9-15(3)10-12-16/h9-12,17,20H,4-8,13-14H2,1-3H3. The van der Waals surface area contributed by atoms with Crippen molar-refractivity contribution in [1.29, 1.82) is 0 Å². The highest BCUT2D eigenvalue weighted by Crippen LogP contribution is 2.10. The normalized spacial score (nSPS) is 12.0. The molecule has 1 rings (SSSR count). The molecule has 0 heterocycles. The number of rotatable bonds is 11. The van der Waals surface area contributed by atoms with Crippen molar-refractivity contribution in [3.8, 4) is 0 Å². The Labute approximate surface area is 139 Å². The maximum atomic E-state index is 12.6. The molecule has 0 aliphatic rings. The van der Waals surface area contributed by atoms with Gasteiger partial charge in [-0.25, -0.2) is 0 Å². The minimum absolute atomic E-state index is 0.0476. The fourth-order valence-corrected chi connectivity index (χ4v) is 2.39. The van der Waals surface area contributed by atoms with E-state index in [2.05, 4.69) is 12.2 Å². The molecule has 0 bridgehead atoms. The van der Waals surface area contributed by atoms with Gasteiger partial charge in [0.25, 0.3) is 0 Å². The molecule has 0 aliphatic heterocycles. The first kappa shape index (κ1) is 19.4. The zero-order valence-electron chi connectivity index (χ0n) is 14.6. The number of esters is 1. The number of ether oxygens (including phenoxy) is 1. The molecule has 1 unspecified atom stereocenters. The van der Waals surface area contributed by atoms with Crippen LogP contribution in [0.2, 0.25) is 0 Å². The third kappa shape index (κ3) is 7.42. The molecule has 1 aromatic rings. The molecule has 0 saturated carbocycles. The number of aryl methyl sites for hydroxylation is 1. The van der Waals surface area contributed by atoms with E-state index in [0.29, 0.717) is 12.2 Å². The lowest BCUT2D eigenvalue weighted by atomic mass is 10.0. The van der Waals surface area contributed by atoms with Crippen molar-refractivity contribution in [3.05, 3.63) is 35.4 Å². The average molecular weight is 319 g/mol. The molecule has 128 valence electrons. The summed E-state index contributed by atoms with van der Waals surface area (Å²) < 4.78 is 4.99. The highest BCUT2D eigenvalue weighted by atomic mass is 16.5. The number of nitrogens with one attached hydrogen (secondary N) is 1. The van der Waals surface area contributed by atoms with Crippen molar-refractivity contribution in [2.75, 3.05) is 13.2 Å². The van der Waals surface area contributed by atoms with Gasteiger partial charge in [0.15, 0.2) is 5.78 Å². The molecular formula is C19H29NO3. The SMILES string of the molecule is CCCCCCNC(CC(=O)OCC)C(=O)c1ccc(C)cc1. The molecule has 0 saturated heterocycles. The van der Waals surface area contributed by atoms with E-state index in [9.17, 15) is 9.59 Å². The molecule has 0 aliphatic carbocycles. The second kappa shape index (κ2) is 10.9. The summed E-state index contributed by atoms with van der Waals surface area (Å²) in [6.07, 6.45) is 4.59. The van der Waals surface area contributed by atoms with Crippen LogP contribution in [0.4, 0.5) is 0 Å². The highest BCUT2D eigenvalue weighted by Gasteiger charge is 2.23. The van der Waals surface area contributed by atoms with Crippen LogP contribution in [-0.4, -0.2) is 30.9 Å². The van der Waals surface area contributed by atoms with Crippen LogP contribution in [0.25, 0.3) is 0 Å². The summed E-state index contributed by atoms with van der Waals surface area (Å²) in [7, 11) is 0. The Kier molecular flexibility index (Phi) is 9.22. The van der Waals surface area contributed by atoms with E-state index in [4.69, 9.17) is 4.74 Å². The van der Waals surface area contributed by atoms with Crippen molar-refractivity contribution in [3.63, 3.8) is 0 Å². The van der Waals surface area contributed by atoms with Crippen LogP contribution >= 0.6 is 0 Å². The molecule has 23 heavy (non-hydrogen) atoms. The fourth-order valence-electron chi connectivity index (χ4n) is 2.39. The molecule has 4 heteroatoms. The third-order valence-electron chi connectivity index (χ3n) is 3.75. The molecular weight excluding hydrogens is 290 g/mol. The first-order valence-corrected chi connectivity index (χ1v) is 8.58. The number of ketones is 1. The van der Waals surface area contributed by atoms with Crippen LogP contribution in [0.1, 0.15) is 61.9 Å². The molecule has 1 aromatic carbocycles. The van der Waals surface area contributed by atoms with E-state index < -0.39 is 6.04 Å². The van der Waals surface area contributed by atoms with Gasteiger partial charge in [-0.3, -0.25) is 9.59 Å². The van der Waals surface area contributed by atoms with Crippen LogP contribution < -0.4 is 5.32 Å². The van der Waals surface area contributed by atoms with E-state index in [1.54, 1.807) is 6.92 Å². The summed E-state index contributed by atoms with van der Waals surface area (Å²) in [4.78, 5) is 24.4. The van der Waals surface area contributed by atoms with Gasteiger partial charge in [-0.2, -0.15) is 0 Å². The van der Waals surface area contributed by atoms with Crippen LogP contribution in [0.15, 0.2) is 24.3 Å². The minimum Gasteiger partial charge on any atom is -0.466 e. The predicted molar refractivity (Wildman–Crippen MR) is 92.7 cm³/mol. The second-order valence-corrected chi connectivity index (χ2v) is 5.81. The number of benzene rings is 1. The summed E-state index contributed by atoms with van der Waals surface area (Å²) in [5.74, 6) is -0.382. The Bertz CT molecular complexity index is 482. The number of hydrogen-bond acceptors (Lipinski definition) is 4. The topological polar surface area (TPSA) is 55.4 Å². The summed E-state index contributed by atoms with van der Waals surface area (Å²) in [6, 6.07) is 6.94. The number of unbranched alkanes of at least 4 members (excludes halogenated alkanes) is 3. The first-order chi connectivity index (χ1) is 11.1. The Hall–Kier alpha value is -1.68. The first-order valence-electron chi connectivity index (χ1n) is 8.58. The van der Waals surface area contributed by atoms with Gasteiger partial charge >= 0.3 is 5.97 Å². The Morgan fingerprint density at radius 2 is 1.78 bits per heavy atom. The van der Waals surface area contributed by atoms with Gasteiger partial charge in [0.2, 0.25) is 0 Å². The summed E-state index contributed by atoms with van der Waals surface area (Å²) >= 11 is 0. The highest BCUT2D eigenvalue weighted by molar-refractivity contribution is 6.01. The average Bonchev–Trinajstić information content (AvgIpc) is 2.54. The smallest absolute Gasteiger partial charge is 0.307 e. The van der Waals surface area contributed by atoms with Crippen LogP contribution in [0, 0.1) is 6.92 Å². The Morgan fingerprint density at radius 1 is 1.09 bits per heavy atom. The molecule has 1 N–H and O–H groups in total. The maximum Gasteiger partial charge on any atom is 0.307 e. The van der Waals surface area contributed by atoms with Gasteiger partial charge in [-0.1, -0.05) is 56.0 Å². The van der Waals surface area contributed by atoms with E-state index in [1.807, 2.05) is 31.2 Å². The quantitative estimate of drug-likeness (QED) is 0.384. The number of carbonyl (C=O) groups is 2. The van der Waals surface area contributed by atoms with E-state index in [0.717, 1.165) is 24.9 Å². The molecule has 4 nitrogen and oxygen atoms in total. The van der Waals surface area contributed by atoms with Gasteiger partial charge in [-0.05, 0) is 26.8 Å². The van der Waals surface area contributed by atoms with Crippen LogP contribution in [0.3, 0.4) is 0 Å². The fraction of sp³-hybridized carbons (Fsp3) is 0.579. The lowest BCUT2D eigenvalue weighted by Gasteiger charge is -2.17. The third-order valence-corrected chi connectivity index (χ3v) is 3.75. The Morgan fingerprint density at radius 3 is 2.39 bits per heavy atom. The molecule has 0 radical (unpaired) electrons. The molecule has 0 spiro atoms. The van der Waals surface area contributed by atoms with Crippen molar-refractivity contribution < 1.29 is 14.3 Å². The molecule has 1 atom stereocenters. The summed E-state index contributed by atoms with van der Waals surface area (Å²) in [6.45, 7) is 6.99. The van der Waals surface area contributed by atoms with E-state index in [-0.39, 0.29) is 18.2 Å². The van der Waals surface area contributed by atoms with Crippen molar-refractivity contribution in [2.24, 2.45) is 0 Å². The van der Waals surface area contributed by atoms with Crippen molar-refractivity contribution >= 4 is 11.8 Å². The Balaban J connectivity index is 2.66. The summed E-state index contributed by atoms with van der Waals surface area (Å²) in [5, 5.41) is 3.23. The van der Waals surface area contributed by atoms with Crippen LogP contribution in [0.5, 0.6) is 0 Å². The van der Waals surface area contributed by atoms with Crippen LogP contribution in [-0.2, 0) is 9.53 Å². The van der Waals surface area contributed by atoms with E-state index in [1.165, 1.54) is 12.8 Å². The zero-order chi connectivity index (χ0) is 17.1. The number of Topliss-reactive ketones (excluding diaryl/α,β-unsaturated/α-hetero) is 1. The van der Waals surface area contributed by atoms with E-state index >= 15 is 0 Å². The number of carbonyl (C=O) groups excluding carboxylic acids is 2. The van der Waals surface area contributed by atoms with Gasteiger partial charge in [0.05, 0.1) is 19.1 Å². The zero-order valence-corrected chi connectivity index (χ0v) is 14.6. The molecule has 0 amide bonds. The van der Waals surface area contributed by atoms with Gasteiger partial charge in [0.1, 0.15) is 0 Å². The lowest BCUT2D eigenvalue weighted by Crippen LogP contribution is -2.39. The lowest BCUT2D eigenvalue weighted by molar-refractivity contribution is -0.143. The van der Waals surface area contributed by atoms with Crippen molar-refractivity contribution in [1.82, 2.24) is 5.32 Å². The van der Waals surface area contributed by atoms with Gasteiger partial charge < -0.3 is 10.1 Å². The van der Waals surface area contributed by atoms with Gasteiger partial charge in [-0.15, -0.1) is 0 Å². The maximum absolute atomic E-state index is 12.6. The molecule has 0 fully saturated rings. The predicted octanol–water partition coefficient (Wildman–Crippen LogP) is 3.67. The second-order valence-electron chi connectivity index (χ2n) is 5.81.